The van der Waals surface area contributed by atoms with Gasteiger partial charge < -0.3 is 10.2 Å². The molecule has 0 heterocycles. The number of aliphatic hydroxyl groups is 1. The van der Waals surface area contributed by atoms with Gasteiger partial charge in [-0.15, -0.1) is 0 Å². The van der Waals surface area contributed by atoms with Crippen LogP contribution in [0.3, 0.4) is 0 Å². The molecule has 4 heteroatoms. The molecule has 0 aliphatic rings. The van der Waals surface area contributed by atoms with Gasteiger partial charge >= 0.3 is 5.97 Å². The van der Waals surface area contributed by atoms with Crippen LogP contribution < -0.4 is 0 Å². The number of carbonyl (C=O) groups excluding carboxylic acids is 1. The minimum Gasteiger partial charge on any atom is -0.512 e. The molecule has 1 rings (SSSR count). The predicted molar refractivity (Wildman–Crippen MR) is 59.3 cm³/mol. The zero-order valence-corrected chi connectivity index (χ0v) is 9.02. The van der Waals surface area contributed by atoms with E-state index in [0.29, 0.717) is 0 Å². The second-order valence-corrected chi connectivity index (χ2v) is 3.37. The number of aliphatic hydroxyl groups excluding tert-OH is 1. The smallest absolute Gasteiger partial charge is 0.336 e. The van der Waals surface area contributed by atoms with E-state index in [0.717, 1.165) is 0 Å². The van der Waals surface area contributed by atoms with E-state index in [4.69, 9.17) is 5.11 Å². The lowest BCUT2D eigenvalue weighted by atomic mass is 9.96. The van der Waals surface area contributed by atoms with Crippen LogP contribution in [0.2, 0.25) is 0 Å². The van der Waals surface area contributed by atoms with Crippen LogP contribution in [-0.4, -0.2) is 22.0 Å². The number of aromatic carboxylic acids is 1. The third-order valence-corrected chi connectivity index (χ3v) is 2.14. The fraction of sp³-hybridized carbons (Fsp3) is 0.167. The zero-order chi connectivity index (χ0) is 12.3. The Hall–Kier alpha value is -2.10. The molecule has 16 heavy (non-hydrogen) atoms. The number of hydrogen-bond acceptors (Lipinski definition) is 3. The number of carbonyl (C=O) groups is 2. The summed E-state index contributed by atoms with van der Waals surface area (Å²) in [5.41, 5.74) is 0.279. The van der Waals surface area contributed by atoms with Crippen LogP contribution in [0, 0.1) is 0 Å². The van der Waals surface area contributed by atoms with Crippen molar-refractivity contribution in [3.63, 3.8) is 0 Å². The van der Waals surface area contributed by atoms with Gasteiger partial charge in [0.15, 0.2) is 5.78 Å². The monoisotopic (exact) mass is 220 g/mol. The molecule has 84 valence electrons. The largest absolute Gasteiger partial charge is 0.512 e. The highest BCUT2D eigenvalue weighted by Gasteiger charge is 2.18. The number of carboxylic acid groups (broad SMARTS) is 1. The first-order valence-electron chi connectivity index (χ1n) is 4.68. The average molecular weight is 220 g/mol. The highest BCUT2D eigenvalue weighted by molar-refractivity contribution is 6.22. The van der Waals surface area contributed by atoms with Crippen molar-refractivity contribution in [2.45, 2.75) is 13.8 Å². The third-order valence-electron chi connectivity index (χ3n) is 2.14. The lowest BCUT2D eigenvalue weighted by molar-refractivity contribution is -0.111. The summed E-state index contributed by atoms with van der Waals surface area (Å²) >= 11 is 0. The first-order chi connectivity index (χ1) is 7.45. The highest BCUT2D eigenvalue weighted by Crippen LogP contribution is 2.22. The quantitative estimate of drug-likeness (QED) is 0.605. The van der Waals surface area contributed by atoms with E-state index >= 15 is 0 Å². The van der Waals surface area contributed by atoms with E-state index in [-0.39, 0.29) is 28.2 Å². The van der Waals surface area contributed by atoms with Gasteiger partial charge in [-0.1, -0.05) is 18.2 Å². The molecule has 0 aliphatic carbocycles. The summed E-state index contributed by atoms with van der Waals surface area (Å²) < 4.78 is 0. The Morgan fingerprint density at radius 3 is 1.88 bits per heavy atom. The first kappa shape index (κ1) is 12.0. The number of rotatable bonds is 3. The highest BCUT2D eigenvalue weighted by atomic mass is 16.4. The Morgan fingerprint density at radius 1 is 1.00 bits per heavy atom. The van der Waals surface area contributed by atoms with Gasteiger partial charge in [-0.2, -0.15) is 0 Å². The van der Waals surface area contributed by atoms with Gasteiger partial charge in [0.2, 0.25) is 0 Å². The Labute approximate surface area is 92.8 Å². The van der Waals surface area contributed by atoms with Crippen molar-refractivity contribution in [3.8, 4) is 0 Å². The summed E-state index contributed by atoms with van der Waals surface area (Å²) in [6, 6.07) is 6.08. The normalized spacial score (nSPS) is 11.9. The van der Waals surface area contributed by atoms with Gasteiger partial charge in [0.1, 0.15) is 5.76 Å². The molecule has 0 aliphatic heterocycles. The van der Waals surface area contributed by atoms with E-state index < -0.39 is 5.97 Å². The van der Waals surface area contributed by atoms with E-state index in [2.05, 4.69) is 0 Å². The molecule has 0 saturated carbocycles. The van der Waals surface area contributed by atoms with Crippen LogP contribution in [0.25, 0.3) is 5.57 Å². The molecule has 1 aromatic carbocycles. The molecule has 0 unspecified atom stereocenters. The predicted octanol–water partition coefficient (Wildman–Crippen LogP) is 2.26. The molecule has 0 bridgehead atoms. The maximum Gasteiger partial charge on any atom is 0.336 e. The number of benzene rings is 1. The van der Waals surface area contributed by atoms with Gasteiger partial charge in [0, 0.05) is 5.56 Å². The molecule has 0 aromatic heterocycles. The van der Waals surface area contributed by atoms with E-state index in [9.17, 15) is 14.7 Å². The molecule has 1 aromatic rings. The standard InChI is InChI=1S/C12H12O4/c1-7(13)11(8(2)14)9-5-3-4-6-10(9)12(15)16/h3-6,13H,1-2H3,(H,15,16)/b11-7+. The molecule has 4 nitrogen and oxygen atoms in total. The Morgan fingerprint density at radius 2 is 1.50 bits per heavy atom. The fourth-order valence-corrected chi connectivity index (χ4v) is 1.53. The summed E-state index contributed by atoms with van der Waals surface area (Å²) in [5.74, 6) is -1.68. The van der Waals surface area contributed by atoms with E-state index in [1.54, 1.807) is 12.1 Å². The Bertz CT molecular complexity index is 468. The van der Waals surface area contributed by atoms with E-state index in [1.807, 2.05) is 0 Å². The summed E-state index contributed by atoms with van der Waals surface area (Å²) in [4.78, 5) is 22.3. The topological polar surface area (TPSA) is 74.6 Å². The summed E-state index contributed by atoms with van der Waals surface area (Å²) in [6.45, 7) is 2.64. The van der Waals surface area contributed by atoms with Gasteiger partial charge in [0.05, 0.1) is 11.1 Å². The number of ketones is 1. The second kappa shape index (κ2) is 4.61. The fourth-order valence-electron chi connectivity index (χ4n) is 1.53. The number of hydrogen-bond donors (Lipinski definition) is 2. The molecular formula is C12H12O4. The summed E-state index contributed by atoms with van der Waals surface area (Å²) in [5, 5.41) is 18.4. The van der Waals surface area contributed by atoms with Crippen LogP contribution in [0.4, 0.5) is 0 Å². The molecule has 0 radical (unpaired) electrons. The summed E-state index contributed by atoms with van der Waals surface area (Å²) in [6.07, 6.45) is 0. The van der Waals surface area contributed by atoms with Crippen LogP contribution >= 0.6 is 0 Å². The molecule has 0 saturated heterocycles. The maximum absolute atomic E-state index is 11.3. The van der Waals surface area contributed by atoms with Crippen molar-refractivity contribution < 1.29 is 19.8 Å². The van der Waals surface area contributed by atoms with Crippen LogP contribution in [0.1, 0.15) is 29.8 Å². The van der Waals surface area contributed by atoms with Crippen molar-refractivity contribution in [2.24, 2.45) is 0 Å². The third kappa shape index (κ3) is 2.28. The minimum absolute atomic E-state index is 0.00102. The minimum atomic E-state index is -1.13. The van der Waals surface area contributed by atoms with Crippen LogP contribution in [-0.2, 0) is 4.79 Å². The zero-order valence-electron chi connectivity index (χ0n) is 9.02. The van der Waals surface area contributed by atoms with Crippen LogP contribution in [0.5, 0.6) is 0 Å². The van der Waals surface area contributed by atoms with Gasteiger partial charge in [-0.05, 0) is 19.9 Å². The average Bonchev–Trinajstić information content (AvgIpc) is 2.17. The van der Waals surface area contributed by atoms with Crippen molar-refractivity contribution >= 4 is 17.3 Å². The van der Waals surface area contributed by atoms with Crippen molar-refractivity contribution in [1.82, 2.24) is 0 Å². The van der Waals surface area contributed by atoms with Gasteiger partial charge in [-0.3, -0.25) is 4.79 Å². The van der Waals surface area contributed by atoms with E-state index in [1.165, 1.54) is 26.0 Å². The molecule has 0 atom stereocenters. The molecule has 2 N–H and O–H groups in total. The number of Topliss-reactive ketones (excluding diaryl/α,β-unsaturated/α-hetero) is 1. The second-order valence-electron chi connectivity index (χ2n) is 3.37. The number of allylic oxidation sites excluding steroid dienone is 2. The van der Waals surface area contributed by atoms with Gasteiger partial charge in [0.25, 0.3) is 0 Å². The molecule has 0 amide bonds. The Kier molecular flexibility index (Phi) is 3.45. The maximum atomic E-state index is 11.3. The molecule has 0 fully saturated rings. The first-order valence-corrected chi connectivity index (χ1v) is 4.68. The molecule has 0 spiro atoms. The van der Waals surface area contributed by atoms with Gasteiger partial charge in [-0.25, -0.2) is 4.79 Å². The van der Waals surface area contributed by atoms with Crippen molar-refractivity contribution in [1.29, 1.82) is 0 Å². The SMILES string of the molecule is CC(=O)/C(=C(/C)O)c1ccccc1C(=O)O. The lowest BCUT2D eigenvalue weighted by Crippen LogP contribution is -2.07. The molecular weight excluding hydrogens is 208 g/mol. The van der Waals surface area contributed by atoms with Crippen molar-refractivity contribution in [2.75, 3.05) is 0 Å². The lowest BCUT2D eigenvalue weighted by Gasteiger charge is -2.08. The Balaban J connectivity index is 3.49. The summed E-state index contributed by atoms with van der Waals surface area (Å²) in [7, 11) is 0. The number of carboxylic acids is 1. The van der Waals surface area contributed by atoms with Crippen LogP contribution in [0.15, 0.2) is 30.0 Å². The van der Waals surface area contributed by atoms with Crippen molar-refractivity contribution in [3.05, 3.63) is 41.2 Å².